The van der Waals surface area contributed by atoms with Crippen LogP contribution in [0.15, 0.2) is 24.3 Å². The molecular weight excluding hydrogens is 416 g/mol. The molecule has 0 saturated carbocycles. The number of aliphatic hydroxyl groups is 3. The molecule has 1 fully saturated rings. The van der Waals surface area contributed by atoms with Gasteiger partial charge in [0.25, 0.3) is 0 Å². The molecule has 3 rings (SSSR count). The minimum Gasteiger partial charge on any atom is -0.497 e. The molecule has 8 nitrogen and oxygen atoms in total. The molecule has 1 aromatic heterocycles. The van der Waals surface area contributed by atoms with Crippen LogP contribution in [0.2, 0.25) is 0 Å². The predicted octanol–water partition coefficient (Wildman–Crippen LogP) is 1.18. The number of aromatic amines is 1. The zero-order chi connectivity index (χ0) is 22.1. The molecule has 4 N–H and O–H groups in total. The lowest BCUT2D eigenvalue weighted by atomic mass is 10.0. The van der Waals surface area contributed by atoms with E-state index in [0.29, 0.717) is 11.3 Å². The molecule has 0 spiro atoms. The molecule has 0 unspecified atom stereocenters. The molecule has 0 bridgehead atoms. The third-order valence-electron chi connectivity index (χ3n) is 4.68. The third kappa shape index (κ3) is 4.51. The number of hydrogen-bond acceptors (Lipinski definition) is 7. The van der Waals surface area contributed by atoms with Gasteiger partial charge in [-0.2, -0.15) is 13.2 Å². The Kier molecular flexibility index (Phi) is 6.50. The Morgan fingerprint density at radius 2 is 1.83 bits per heavy atom. The Balaban J connectivity index is 1.89. The van der Waals surface area contributed by atoms with Crippen molar-refractivity contribution >= 4 is 0 Å². The number of H-pyrrole nitrogens is 1. The highest BCUT2D eigenvalue weighted by Crippen LogP contribution is 2.37. The molecule has 0 aliphatic carbocycles. The van der Waals surface area contributed by atoms with Crippen molar-refractivity contribution in [1.82, 2.24) is 10.2 Å². The summed E-state index contributed by atoms with van der Waals surface area (Å²) in [6.45, 7) is -0.835. The summed E-state index contributed by atoms with van der Waals surface area (Å²) >= 11 is 0. The lowest BCUT2D eigenvalue weighted by Crippen LogP contribution is -2.58. The van der Waals surface area contributed by atoms with Crippen LogP contribution in [0.5, 0.6) is 11.6 Å². The average Bonchev–Trinajstić information content (AvgIpc) is 3.11. The molecule has 0 amide bonds. The van der Waals surface area contributed by atoms with E-state index in [1.807, 2.05) is 5.10 Å². The highest BCUT2D eigenvalue weighted by atomic mass is 19.4. The van der Waals surface area contributed by atoms with Gasteiger partial charge in [0, 0.05) is 6.42 Å². The number of nitrogens with zero attached hydrogens (tertiary/aromatic N) is 1. The summed E-state index contributed by atoms with van der Waals surface area (Å²) in [5, 5.41) is 34.3. The van der Waals surface area contributed by atoms with Crippen LogP contribution >= 0.6 is 0 Å². The molecule has 2 aromatic rings. The van der Waals surface area contributed by atoms with E-state index in [-0.39, 0.29) is 12.0 Å². The van der Waals surface area contributed by atoms with Gasteiger partial charge in [0.15, 0.2) is 6.17 Å². The van der Waals surface area contributed by atoms with Gasteiger partial charge in [-0.05, 0) is 17.7 Å². The van der Waals surface area contributed by atoms with Gasteiger partial charge >= 0.3 is 6.18 Å². The van der Waals surface area contributed by atoms with Gasteiger partial charge in [-0.15, -0.1) is 5.10 Å². The van der Waals surface area contributed by atoms with E-state index < -0.39 is 55.1 Å². The number of halogens is 4. The topological polar surface area (TPSA) is 117 Å². The van der Waals surface area contributed by atoms with Crippen molar-refractivity contribution in [3.63, 3.8) is 0 Å². The summed E-state index contributed by atoms with van der Waals surface area (Å²) in [6.07, 6.45) is -14.3. The lowest BCUT2D eigenvalue weighted by Gasteiger charge is -2.38. The largest absolute Gasteiger partial charge is 0.497 e. The number of methoxy groups -OCH3 is 1. The number of aliphatic hydroxyl groups excluding tert-OH is 3. The van der Waals surface area contributed by atoms with Crippen molar-refractivity contribution in [2.75, 3.05) is 13.7 Å². The van der Waals surface area contributed by atoms with Crippen LogP contribution in [0.4, 0.5) is 17.6 Å². The lowest BCUT2D eigenvalue weighted by molar-refractivity contribution is -0.265. The number of ether oxygens (including phenoxy) is 3. The van der Waals surface area contributed by atoms with Gasteiger partial charge in [0.05, 0.1) is 19.3 Å². The van der Waals surface area contributed by atoms with E-state index in [0.717, 1.165) is 0 Å². The fraction of sp³-hybridized carbons (Fsp3) is 0.500. The zero-order valence-electron chi connectivity index (χ0n) is 15.6. The number of rotatable bonds is 6. The van der Waals surface area contributed by atoms with E-state index in [1.54, 1.807) is 24.3 Å². The zero-order valence-corrected chi connectivity index (χ0v) is 15.6. The summed E-state index contributed by atoms with van der Waals surface area (Å²) < 4.78 is 69.5. The van der Waals surface area contributed by atoms with Crippen molar-refractivity contribution in [1.29, 1.82) is 0 Å². The summed E-state index contributed by atoms with van der Waals surface area (Å²) in [4.78, 5) is 0. The molecule has 1 aliphatic heterocycles. The van der Waals surface area contributed by atoms with Crippen LogP contribution in [0.1, 0.15) is 16.8 Å². The maximum absolute atomic E-state index is 13.9. The highest BCUT2D eigenvalue weighted by molar-refractivity contribution is 5.39. The first kappa shape index (κ1) is 22.3. The smallest absolute Gasteiger partial charge is 0.433 e. The number of alkyl halides is 4. The minimum absolute atomic E-state index is 0.245. The second-order valence-electron chi connectivity index (χ2n) is 6.67. The molecule has 2 heterocycles. The van der Waals surface area contributed by atoms with Crippen LogP contribution < -0.4 is 9.47 Å². The first-order valence-corrected chi connectivity index (χ1v) is 8.86. The van der Waals surface area contributed by atoms with Crippen LogP contribution in [0.25, 0.3) is 0 Å². The second kappa shape index (κ2) is 8.76. The molecule has 1 saturated heterocycles. The standard InChI is InChI=1S/C18H20F4N2O6/c1-28-9-4-2-8(3-5-9)6-10-15(18(20,21)22)23-24-16(10)30-17-14(27)13(26)12(19)11(7-25)29-17/h2-5,11-14,17,25-27H,6-7H2,1H3,(H,23,24)/t11-,12+,13+,14-,17+/m1/s1. The number of hydrogen-bond donors (Lipinski definition) is 4. The van der Waals surface area contributed by atoms with Crippen molar-refractivity contribution in [3.8, 4) is 11.6 Å². The van der Waals surface area contributed by atoms with Gasteiger partial charge in [-0.25, -0.2) is 4.39 Å². The van der Waals surface area contributed by atoms with Crippen LogP contribution in [-0.4, -0.2) is 70.0 Å². The number of aromatic nitrogens is 2. The number of benzene rings is 1. The van der Waals surface area contributed by atoms with Crippen LogP contribution in [-0.2, 0) is 17.3 Å². The fourth-order valence-electron chi connectivity index (χ4n) is 3.04. The maximum Gasteiger partial charge on any atom is 0.433 e. The van der Waals surface area contributed by atoms with E-state index in [4.69, 9.17) is 19.3 Å². The summed E-state index contributed by atoms with van der Waals surface area (Å²) in [7, 11) is 1.45. The van der Waals surface area contributed by atoms with Crippen LogP contribution in [0, 0.1) is 0 Å². The van der Waals surface area contributed by atoms with E-state index in [2.05, 4.69) is 5.10 Å². The molecule has 0 radical (unpaired) electrons. The van der Waals surface area contributed by atoms with Gasteiger partial charge in [-0.1, -0.05) is 12.1 Å². The summed E-state index contributed by atoms with van der Waals surface area (Å²) in [5.74, 6) is -0.0228. The highest BCUT2D eigenvalue weighted by Gasteiger charge is 2.47. The van der Waals surface area contributed by atoms with E-state index in [9.17, 15) is 27.8 Å². The molecular formula is C18H20F4N2O6. The monoisotopic (exact) mass is 436 g/mol. The molecule has 30 heavy (non-hydrogen) atoms. The van der Waals surface area contributed by atoms with Gasteiger partial charge in [0.2, 0.25) is 12.2 Å². The quantitative estimate of drug-likeness (QED) is 0.503. The Morgan fingerprint density at radius 3 is 2.40 bits per heavy atom. The second-order valence-corrected chi connectivity index (χ2v) is 6.67. The molecule has 5 atom stereocenters. The number of nitrogens with one attached hydrogen (secondary N) is 1. The Bertz CT molecular complexity index is 842. The third-order valence-corrected chi connectivity index (χ3v) is 4.68. The minimum atomic E-state index is -4.78. The van der Waals surface area contributed by atoms with Crippen molar-refractivity contribution in [2.45, 2.75) is 43.4 Å². The van der Waals surface area contributed by atoms with Crippen molar-refractivity contribution < 1.29 is 47.1 Å². The van der Waals surface area contributed by atoms with E-state index >= 15 is 0 Å². The fourth-order valence-corrected chi connectivity index (χ4v) is 3.04. The Hall–Kier alpha value is -2.41. The molecule has 12 heteroatoms. The van der Waals surface area contributed by atoms with Gasteiger partial charge < -0.3 is 29.5 Å². The van der Waals surface area contributed by atoms with Crippen molar-refractivity contribution in [2.24, 2.45) is 0 Å². The summed E-state index contributed by atoms with van der Waals surface area (Å²) in [5.41, 5.74) is -1.06. The molecule has 166 valence electrons. The molecule has 1 aromatic carbocycles. The molecule has 1 aliphatic rings. The SMILES string of the molecule is COc1ccc(Cc2c(O[C@@H]3O[C@H](CO)[C@H](F)[C@H](O)[C@H]3O)n[nH]c2C(F)(F)F)cc1. The summed E-state index contributed by atoms with van der Waals surface area (Å²) in [6, 6.07) is 6.25. The Labute approximate surface area is 168 Å². The van der Waals surface area contributed by atoms with Gasteiger partial charge in [0.1, 0.15) is 29.8 Å². The first-order valence-electron chi connectivity index (χ1n) is 8.86. The van der Waals surface area contributed by atoms with Crippen LogP contribution in [0.3, 0.4) is 0 Å². The van der Waals surface area contributed by atoms with E-state index in [1.165, 1.54) is 7.11 Å². The first-order chi connectivity index (χ1) is 14.2. The average molecular weight is 436 g/mol. The van der Waals surface area contributed by atoms with Crippen molar-refractivity contribution in [3.05, 3.63) is 41.1 Å². The van der Waals surface area contributed by atoms with Gasteiger partial charge in [-0.3, -0.25) is 5.10 Å². The normalized spacial score (nSPS) is 27.1. The predicted molar refractivity (Wildman–Crippen MR) is 92.7 cm³/mol. The maximum atomic E-state index is 13.9. The Morgan fingerprint density at radius 1 is 1.17 bits per heavy atom.